The molecule has 1 heterocycles. The number of esters is 1. The number of carbonyl (C=O) groups is 2. The average Bonchev–Trinajstić information content (AvgIpc) is 2.88. The zero-order valence-corrected chi connectivity index (χ0v) is 21.2. The van der Waals surface area contributed by atoms with Crippen molar-refractivity contribution in [3.8, 4) is 11.8 Å². The first-order chi connectivity index (χ1) is 19.1. The van der Waals surface area contributed by atoms with Crippen molar-refractivity contribution in [2.75, 3.05) is 0 Å². The number of ether oxygens (including phenoxy) is 2. The van der Waals surface area contributed by atoms with Crippen LogP contribution in [0.5, 0.6) is 5.75 Å². The lowest BCUT2D eigenvalue weighted by molar-refractivity contribution is -0.306. The van der Waals surface area contributed by atoms with Gasteiger partial charge in [-0.3, -0.25) is 9.63 Å². The third-order valence-corrected chi connectivity index (χ3v) is 5.94. The molecule has 7 nitrogen and oxygen atoms in total. The molecule has 0 fully saturated rings. The minimum atomic E-state index is -6.54. The van der Waals surface area contributed by atoms with Gasteiger partial charge in [0.05, 0.1) is 11.6 Å². The van der Waals surface area contributed by atoms with Crippen molar-refractivity contribution in [1.82, 2.24) is 5.06 Å². The van der Waals surface area contributed by atoms with E-state index < -0.39 is 76.8 Å². The van der Waals surface area contributed by atoms with Gasteiger partial charge in [0.15, 0.2) is 6.10 Å². The van der Waals surface area contributed by atoms with Gasteiger partial charge in [0.1, 0.15) is 24.0 Å². The Morgan fingerprint density at radius 3 is 2.02 bits per heavy atom. The number of nitriles is 1. The van der Waals surface area contributed by atoms with E-state index in [9.17, 15) is 58.8 Å². The van der Waals surface area contributed by atoms with Crippen LogP contribution in [0.25, 0.3) is 0 Å². The molecule has 2 atom stereocenters. The third-order valence-electron chi connectivity index (χ3n) is 5.94. The molecule has 0 bridgehead atoms. The molecule has 0 aromatic heterocycles. The summed E-state index contributed by atoms with van der Waals surface area (Å²) in [6.45, 7) is 0.907. The van der Waals surface area contributed by atoms with Crippen molar-refractivity contribution < 1.29 is 67.8 Å². The molecule has 2 aromatic carbocycles. The molecular weight excluding hydrogens is 598 g/mol. The van der Waals surface area contributed by atoms with Crippen LogP contribution < -0.4 is 4.74 Å². The molecule has 17 heteroatoms. The predicted molar refractivity (Wildman–Crippen MR) is 119 cm³/mol. The van der Waals surface area contributed by atoms with Crippen LogP contribution in [0, 0.1) is 11.3 Å². The van der Waals surface area contributed by atoms with Crippen LogP contribution in [0.2, 0.25) is 0 Å². The molecule has 42 heavy (non-hydrogen) atoms. The highest BCUT2D eigenvalue weighted by Crippen LogP contribution is 2.48. The topological polar surface area (TPSA) is 88.9 Å². The first-order valence-corrected chi connectivity index (χ1v) is 11.5. The van der Waals surface area contributed by atoms with Gasteiger partial charge in [-0.15, -0.1) is 0 Å². The summed E-state index contributed by atoms with van der Waals surface area (Å²) in [5.74, 6) is -19.2. The van der Waals surface area contributed by atoms with Crippen LogP contribution >= 0.6 is 0 Å². The van der Waals surface area contributed by atoms with Gasteiger partial charge in [0.25, 0.3) is 0 Å². The lowest BCUT2D eigenvalue weighted by Crippen LogP contribution is -2.61. The summed E-state index contributed by atoms with van der Waals surface area (Å²) < 4.78 is 145. The van der Waals surface area contributed by atoms with Crippen molar-refractivity contribution in [2.24, 2.45) is 0 Å². The van der Waals surface area contributed by atoms with E-state index in [0.29, 0.717) is 0 Å². The fourth-order valence-corrected chi connectivity index (χ4v) is 3.83. The molecule has 1 aliphatic rings. The van der Waals surface area contributed by atoms with Crippen molar-refractivity contribution >= 4 is 11.9 Å². The zero-order chi connectivity index (χ0) is 31.9. The van der Waals surface area contributed by atoms with Crippen molar-refractivity contribution in [2.45, 2.75) is 62.4 Å². The highest BCUT2D eigenvalue weighted by atomic mass is 19.4. The number of alkyl halides is 10. The van der Waals surface area contributed by atoms with Crippen molar-refractivity contribution in [3.05, 3.63) is 65.2 Å². The Morgan fingerprint density at radius 2 is 1.50 bits per heavy atom. The van der Waals surface area contributed by atoms with E-state index in [1.807, 2.05) is 0 Å². The maximum Gasteiger partial charge on any atom is 0.465 e. The van der Waals surface area contributed by atoms with Gasteiger partial charge in [-0.2, -0.15) is 49.2 Å². The Bertz CT molecular complexity index is 1370. The van der Waals surface area contributed by atoms with Gasteiger partial charge in [-0.1, -0.05) is 30.3 Å². The molecule has 1 aliphatic heterocycles. The third kappa shape index (κ3) is 6.08. The highest BCUT2D eigenvalue weighted by Gasteiger charge is 2.69. The standard InChI is InChI=1S/C25H18F10N2O5/c1-21(2)18(41-20(39)23(28,29)25(33,34)35)17(15-10-14(11-36)8-9-16(15)42-21)37(19(38)22(26,27)24(30,31)32)40-12-13-6-4-3-5-7-13/h3-10,17-18H,12H2,1-2H3/t17-,18+/m0/s1. The Labute approximate surface area is 230 Å². The molecule has 0 radical (unpaired) electrons. The summed E-state index contributed by atoms with van der Waals surface area (Å²) in [5, 5.41) is 8.67. The Hall–Kier alpha value is -4.07. The van der Waals surface area contributed by atoms with Crippen LogP contribution in [0.15, 0.2) is 48.5 Å². The number of nitrogens with zero attached hydrogens (tertiary/aromatic N) is 2. The normalized spacial score (nSPS) is 18.7. The van der Waals surface area contributed by atoms with Crippen molar-refractivity contribution in [3.63, 3.8) is 0 Å². The second-order valence-corrected chi connectivity index (χ2v) is 9.37. The van der Waals surface area contributed by atoms with Crippen LogP contribution in [-0.2, 0) is 25.8 Å². The molecule has 0 aliphatic carbocycles. The quantitative estimate of drug-likeness (QED) is 0.214. The van der Waals surface area contributed by atoms with E-state index >= 15 is 0 Å². The number of halogens is 10. The minimum Gasteiger partial charge on any atom is -0.484 e. The Kier molecular flexibility index (Phi) is 8.47. The van der Waals surface area contributed by atoms with E-state index in [1.165, 1.54) is 30.3 Å². The summed E-state index contributed by atoms with van der Waals surface area (Å²) >= 11 is 0. The molecule has 1 amide bonds. The molecule has 3 rings (SSSR count). The number of benzene rings is 2. The second kappa shape index (κ2) is 11.0. The van der Waals surface area contributed by atoms with E-state index in [1.54, 1.807) is 6.07 Å². The van der Waals surface area contributed by atoms with Crippen LogP contribution in [0.1, 0.15) is 36.6 Å². The second-order valence-electron chi connectivity index (χ2n) is 9.37. The van der Waals surface area contributed by atoms with Crippen LogP contribution in [0.3, 0.4) is 0 Å². The number of carbonyl (C=O) groups excluding carboxylic acids is 2. The molecule has 0 unspecified atom stereocenters. The van der Waals surface area contributed by atoms with Gasteiger partial charge in [0, 0.05) is 5.56 Å². The van der Waals surface area contributed by atoms with Crippen LogP contribution in [0.4, 0.5) is 43.9 Å². The summed E-state index contributed by atoms with van der Waals surface area (Å²) in [7, 11) is 0. The lowest BCUT2D eigenvalue weighted by atomic mass is 9.85. The maximum atomic E-state index is 14.4. The van der Waals surface area contributed by atoms with Crippen molar-refractivity contribution in [1.29, 1.82) is 5.26 Å². The monoisotopic (exact) mass is 616 g/mol. The first kappa shape index (κ1) is 32.4. The maximum absolute atomic E-state index is 14.4. The number of hydroxylamine groups is 2. The predicted octanol–water partition coefficient (Wildman–Crippen LogP) is 6.04. The zero-order valence-electron chi connectivity index (χ0n) is 21.2. The fourth-order valence-electron chi connectivity index (χ4n) is 3.83. The molecular formula is C25H18F10N2O5. The summed E-state index contributed by atoms with van der Waals surface area (Å²) in [4.78, 5) is 30.0. The molecule has 0 spiro atoms. The molecule has 228 valence electrons. The van der Waals surface area contributed by atoms with E-state index in [4.69, 9.17) is 9.57 Å². The molecule has 0 N–H and O–H groups in total. The number of rotatable bonds is 7. The van der Waals surface area contributed by atoms with E-state index in [2.05, 4.69) is 4.74 Å². The number of hydrogen-bond acceptors (Lipinski definition) is 6. The molecule has 0 saturated carbocycles. The number of fused-ring (bicyclic) bond motifs is 1. The van der Waals surface area contributed by atoms with E-state index in [0.717, 1.165) is 32.0 Å². The summed E-state index contributed by atoms with van der Waals surface area (Å²) in [6, 6.07) is 8.71. The summed E-state index contributed by atoms with van der Waals surface area (Å²) in [5.41, 5.74) is -3.21. The minimum absolute atomic E-state index is 0.0834. The smallest absolute Gasteiger partial charge is 0.465 e. The van der Waals surface area contributed by atoms with Crippen LogP contribution in [-0.4, -0.2) is 52.8 Å². The first-order valence-electron chi connectivity index (χ1n) is 11.5. The van der Waals surface area contributed by atoms with Gasteiger partial charge >= 0.3 is 36.1 Å². The number of hydrogen-bond donors (Lipinski definition) is 0. The lowest BCUT2D eigenvalue weighted by Gasteiger charge is -2.47. The SMILES string of the molecule is CC1(C)Oc2ccc(C#N)cc2[C@H](N(OCc2ccccc2)C(=O)C(F)(F)C(F)(F)F)[C@H]1OC(=O)C(F)(F)C(F)(F)F. The van der Waals surface area contributed by atoms with Gasteiger partial charge < -0.3 is 9.47 Å². The Balaban J connectivity index is 2.27. The Morgan fingerprint density at radius 1 is 0.929 bits per heavy atom. The van der Waals surface area contributed by atoms with Gasteiger partial charge in [0.2, 0.25) is 0 Å². The average molecular weight is 616 g/mol. The highest BCUT2D eigenvalue weighted by molar-refractivity contribution is 5.84. The summed E-state index contributed by atoms with van der Waals surface area (Å²) in [6.07, 6.45) is -15.7. The largest absolute Gasteiger partial charge is 0.484 e. The number of amides is 1. The van der Waals surface area contributed by atoms with E-state index in [-0.39, 0.29) is 11.1 Å². The molecule has 0 saturated heterocycles. The fraction of sp³-hybridized carbons (Fsp3) is 0.400. The molecule has 2 aromatic rings. The van der Waals surface area contributed by atoms with Gasteiger partial charge in [-0.05, 0) is 37.6 Å². The van der Waals surface area contributed by atoms with Gasteiger partial charge in [-0.25, -0.2) is 9.86 Å².